The fourth-order valence-corrected chi connectivity index (χ4v) is 4.75. The lowest BCUT2D eigenvalue weighted by atomic mass is 9.99. The number of ether oxygens (including phenoxy) is 1. The molecule has 5 rings (SSSR count). The third-order valence-corrected chi connectivity index (χ3v) is 6.71. The summed E-state index contributed by atoms with van der Waals surface area (Å²) >= 11 is 0. The Kier molecular flexibility index (Phi) is 6.98. The summed E-state index contributed by atoms with van der Waals surface area (Å²) in [7, 11) is 1.49. The zero-order valence-corrected chi connectivity index (χ0v) is 20.1. The molecular formula is C27H27FN4O5. The molecule has 5 atom stereocenters. The van der Waals surface area contributed by atoms with E-state index >= 15 is 0 Å². The van der Waals surface area contributed by atoms with Gasteiger partial charge in [0.2, 0.25) is 0 Å². The number of amides is 1. The van der Waals surface area contributed by atoms with Gasteiger partial charge in [-0.3, -0.25) is 4.79 Å². The summed E-state index contributed by atoms with van der Waals surface area (Å²) in [6, 6.07) is 17.7. The molecule has 3 N–H and O–H groups in total. The van der Waals surface area contributed by atoms with Gasteiger partial charge >= 0.3 is 0 Å². The normalized spacial score (nSPS) is 24.1. The Morgan fingerprint density at radius 3 is 2.65 bits per heavy atom. The summed E-state index contributed by atoms with van der Waals surface area (Å²) in [5.74, 6) is -0.838. The highest BCUT2D eigenvalue weighted by Crippen LogP contribution is 2.31. The van der Waals surface area contributed by atoms with Gasteiger partial charge in [-0.1, -0.05) is 47.7 Å². The molecule has 0 radical (unpaired) electrons. The molecule has 3 aromatic carbocycles. The van der Waals surface area contributed by atoms with Gasteiger partial charge in [0.15, 0.2) is 6.23 Å². The number of likely N-dealkylation sites (N-methyl/N-ethyl adjacent to an activating group) is 1. The molecule has 0 bridgehead atoms. The maximum absolute atomic E-state index is 13.7. The first-order valence-electron chi connectivity index (χ1n) is 11.9. The number of benzene rings is 3. The van der Waals surface area contributed by atoms with Gasteiger partial charge in [-0.05, 0) is 35.0 Å². The van der Waals surface area contributed by atoms with Crippen LogP contribution in [-0.4, -0.2) is 79.3 Å². The summed E-state index contributed by atoms with van der Waals surface area (Å²) in [6.07, 6.45) is -3.17. The Morgan fingerprint density at radius 2 is 1.89 bits per heavy atom. The number of carbonyl (C=O) groups is 1. The summed E-state index contributed by atoms with van der Waals surface area (Å²) in [5, 5.41) is 42.2. The van der Waals surface area contributed by atoms with Crippen molar-refractivity contribution in [3.8, 4) is 11.3 Å². The van der Waals surface area contributed by atoms with Crippen LogP contribution in [0.15, 0.2) is 72.9 Å². The molecule has 2 heterocycles. The Hall–Kier alpha value is -3.70. The van der Waals surface area contributed by atoms with Gasteiger partial charge in [-0.25, -0.2) is 9.07 Å². The highest BCUT2D eigenvalue weighted by molar-refractivity contribution is 5.98. The van der Waals surface area contributed by atoms with E-state index in [0.29, 0.717) is 16.8 Å². The number of hydrogen-bond donors (Lipinski definition) is 3. The smallest absolute Gasteiger partial charge is 0.255 e. The molecule has 9 nitrogen and oxygen atoms in total. The van der Waals surface area contributed by atoms with Crippen LogP contribution >= 0.6 is 0 Å². The molecule has 10 heteroatoms. The van der Waals surface area contributed by atoms with Crippen LogP contribution in [0.3, 0.4) is 0 Å². The number of aliphatic hydroxyl groups is 3. The number of nitrogens with zero attached hydrogens (tertiary/aromatic N) is 4. The molecule has 1 aromatic heterocycles. The van der Waals surface area contributed by atoms with Crippen LogP contribution in [0, 0.1) is 5.82 Å². The van der Waals surface area contributed by atoms with E-state index in [9.17, 15) is 24.5 Å². The second-order valence-electron chi connectivity index (χ2n) is 9.19. The fraction of sp³-hybridized carbons (Fsp3) is 0.296. The Labute approximate surface area is 212 Å². The molecule has 0 saturated carbocycles. The van der Waals surface area contributed by atoms with E-state index < -0.39 is 48.9 Å². The highest BCUT2D eigenvalue weighted by atomic mass is 19.1. The van der Waals surface area contributed by atoms with E-state index in [1.54, 1.807) is 24.3 Å². The van der Waals surface area contributed by atoms with Gasteiger partial charge in [0.05, 0.1) is 25.0 Å². The number of rotatable bonds is 5. The Balaban J connectivity index is 1.46. The van der Waals surface area contributed by atoms with Crippen molar-refractivity contribution in [2.75, 3.05) is 13.7 Å². The van der Waals surface area contributed by atoms with Crippen LogP contribution in [0.4, 0.5) is 4.39 Å². The van der Waals surface area contributed by atoms with Crippen molar-refractivity contribution < 1.29 is 29.2 Å². The predicted octanol–water partition coefficient (Wildman–Crippen LogP) is 2.38. The average molecular weight is 507 g/mol. The fourth-order valence-electron chi connectivity index (χ4n) is 4.75. The molecule has 192 valence electrons. The van der Waals surface area contributed by atoms with E-state index in [1.165, 1.54) is 35.0 Å². The van der Waals surface area contributed by atoms with E-state index in [1.807, 2.05) is 30.3 Å². The van der Waals surface area contributed by atoms with Gasteiger partial charge in [0.1, 0.15) is 23.7 Å². The first kappa shape index (κ1) is 25.0. The van der Waals surface area contributed by atoms with Gasteiger partial charge in [0.25, 0.3) is 5.91 Å². The second-order valence-corrected chi connectivity index (χ2v) is 9.19. The molecular weight excluding hydrogens is 479 g/mol. The molecule has 0 aliphatic carbocycles. The third-order valence-electron chi connectivity index (χ3n) is 6.71. The largest absolute Gasteiger partial charge is 0.394 e. The van der Waals surface area contributed by atoms with Gasteiger partial charge < -0.3 is 25.0 Å². The minimum absolute atomic E-state index is 0.0120. The zero-order valence-electron chi connectivity index (χ0n) is 20.1. The van der Waals surface area contributed by atoms with Crippen molar-refractivity contribution in [3.05, 3.63) is 84.3 Å². The maximum atomic E-state index is 13.7. The second kappa shape index (κ2) is 10.3. The van der Waals surface area contributed by atoms with Crippen molar-refractivity contribution in [2.24, 2.45) is 0 Å². The third kappa shape index (κ3) is 4.96. The lowest BCUT2D eigenvalue weighted by Gasteiger charge is -2.34. The Morgan fingerprint density at radius 1 is 1.11 bits per heavy atom. The van der Waals surface area contributed by atoms with Gasteiger partial charge in [-0.2, -0.15) is 0 Å². The van der Waals surface area contributed by atoms with Gasteiger partial charge in [-0.15, -0.1) is 5.10 Å². The summed E-state index contributed by atoms with van der Waals surface area (Å²) in [5.41, 5.74) is 1.22. The molecule has 4 aromatic rings. The summed E-state index contributed by atoms with van der Waals surface area (Å²) in [4.78, 5) is 14.7. The number of aliphatic hydroxyl groups excluding tert-OH is 3. The van der Waals surface area contributed by atoms with Crippen molar-refractivity contribution in [1.82, 2.24) is 19.9 Å². The quantitative estimate of drug-likeness (QED) is 0.380. The standard InChI is InChI=1S/C27H27FN4O5/c1-31(26(36)19-10-9-16-5-2-3-6-17(16)11-19)27-25(35)24(23(34)13-21(15-33)37-27)32-14-22(29-30-32)18-7-4-8-20(28)12-18/h2-12,14,21,23-25,27,33-35H,13,15H2,1H3/t21?,23-,24?,25?,27+/m0/s1. The molecule has 1 fully saturated rings. The van der Waals surface area contributed by atoms with Crippen molar-refractivity contribution in [2.45, 2.75) is 37.0 Å². The van der Waals surface area contributed by atoms with Crippen LogP contribution in [-0.2, 0) is 4.74 Å². The number of fused-ring (bicyclic) bond motifs is 1. The van der Waals surface area contributed by atoms with Crippen LogP contribution in [0.2, 0.25) is 0 Å². The summed E-state index contributed by atoms with van der Waals surface area (Å²) < 4.78 is 20.9. The van der Waals surface area contributed by atoms with Crippen molar-refractivity contribution in [1.29, 1.82) is 0 Å². The minimum atomic E-state index is -1.43. The lowest BCUT2D eigenvalue weighted by molar-refractivity contribution is -0.141. The summed E-state index contributed by atoms with van der Waals surface area (Å²) in [6.45, 7) is -0.420. The van der Waals surface area contributed by atoms with Crippen LogP contribution in [0.25, 0.3) is 22.0 Å². The molecule has 1 aliphatic heterocycles. The number of carbonyl (C=O) groups excluding carboxylic acids is 1. The topological polar surface area (TPSA) is 121 Å². The maximum Gasteiger partial charge on any atom is 0.255 e. The Bertz CT molecular complexity index is 1410. The van der Waals surface area contributed by atoms with Crippen LogP contribution < -0.4 is 0 Å². The molecule has 1 amide bonds. The zero-order chi connectivity index (χ0) is 26.1. The van der Waals surface area contributed by atoms with Gasteiger partial charge in [0, 0.05) is 24.6 Å². The van der Waals surface area contributed by atoms with Crippen molar-refractivity contribution >= 4 is 16.7 Å². The van der Waals surface area contributed by atoms with E-state index in [2.05, 4.69) is 10.3 Å². The number of aromatic nitrogens is 3. The molecule has 3 unspecified atom stereocenters. The van der Waals surface area contributed by atoms with E-state index in [0.717, 1.165) is 10.8 Å². The van der Waals surface area contributed by atoms with Crippen LogP contribution in [0.1, 0.15) is 22.8 Å². The van der Waals surface area contributed by atoms with E-state index in [-0.39, 0.29) is 6.42 Å². The van der Waals surface area contributed by atoms with Crippen molar-refractivity contribution in [3.63, 3.8) is 0 Å². The average Bonchev–Trinajstić information content (AvgIpc) is 3.35. The number of halogens is 1. The lowest BCUT2D eigenvalue weighted by Crippen LogP contribution is -2.50. The van der Waals surface area contributed by atoms with Crippen LogP contribution in [0.5, 0.6) is 0 Å². The minimum Gasteiger partial charge on any atom is -0.394 e. The predicted molar refractivity (Wildman–Crippen MR) is 133 cm³/mol. The van der Waals surface area contributed by atoms with E-state index in [4.69, 9.17) is 4.74 Å². The monoisotopic (exact) mass is 506 g/mol. The first-order valence-corrected chi connectivity index (χ1v) is 11.9. The molecule has 1 aliphatic rings. The molecule has 1 saturated heterocycles. The highest BCUT2D eigenvalue weighted by Gasteiger charge is 2.44. The SMILES string of the molecule is CN(C(=O)c1ccc2ccccc2c1)[C@@H]1OC(CO)C[C@H](O)C(n2cc(-c3cccc(F)c3)nn2)C1O. The molecule has 37 heavy (non-hydrogen) atoms. The first-order chi connectivity index (χ1) is 17.9. The molecule has 0 spiro atoms. The number of hydrogen-bond acceptors (Lipinski definition) is 7.